The Morgan fingerprint density at radius 2 is 1.94 bits per heavy atom. The van der Waals surface area contributed by atoms with Gasteiger partial charge in [-0.2, -0.15) is 0 Å². The molecule has 0 aromatic rings. The van der Waals surface area contributed by atoms with Gasteiger partial charge in [0.05, 0.1) is 6.26 Å². The molecule has 0 aromatic heterocycles. The summed E-state index contributed by atoms with van der Waals surface area (Å²) < 4.78 is 29.4. The van der Waals surface area contributed by atoms with E-state index in [-0.39, 0.29) is 12.1 Å². The van der Waals surface area contributed by atoms with Crippen LogP contribution in [-0.4, -0.2) is 61.8 Å². The van der Waals surface area contributed by atoms with Gasteiger partial charge >= 0.3 is 6.09 Å². The zero-order valence-electron chi connectivity index (χ0n) is 11.6. The molecule has 0 aliphatic carbocycles. The Kier molecular flexibility index (Phi) is 4.27. The molecule has 0 N–H and O–H groups in total. The van der Waals surface area contributed by atoms with Crippen molar-refractivity contribution in [3.63, 3.8) is 0 Å². The third-order valence-corrected chi connectivity index (χ3v) is 4.20. The third kappa shape index (κ3) is 4.13. The molecule has 1 aliphatic rings. The molecular formula is C11H22N2O4S. The Hall–Kier alpha value is -0.820. The lowest BCUT2D eigenvalue weighted by molar-refractivity contribution is 0.0287. The summed E-state index contributed by atoms with van der Waals surface area (Å²) in [5.41, 5.74) is -0.530. The highest BCUT2D eigenvalue weighted by atomic mass is 32.2. The van der Waals surface area contributed by atoms with Gasteiger partial charge in [-0.1, -0.05) is 0 Å². The molecule has 7 heteroatoms. The standard InChI is InChI=1S/C11H22N2O4S/c1-11(2,3)17-10(14)13-7-6-9(8-13)12(4)18(5,15)16/h9H,6-8H2,1-5H3/t9-/m0/s1. The van der Waals surface area contributed by atoms with Gasteiger partial charge in [0.2, 0.25) is 10.0 Å². The maximum Gasteiger partial charge on any atom is 0.410 e. The number of carbonyl (C=O) groups excluding carboxylic acids is 1. The van der Waals surface area contributed by atoms with Gasteiger partial charge in [0.25, 0.3) is 0 Å². The van der Waals surface area contributed by atoms with Crippen LogP contribution >= 0.6 is 0 Å². The summed E-state index contributed by atoms with van der Waals surface area (Å²) in [4.78, 5) is 13.4. The summed E-state index contributed by atoms with van der Waals surface area (Å²) in [6, 6.07) is -0.160. The van der Waals surface area contributed by atoms with Gasteiger partial charge in [-0.15, -0.1) is 0 Å². The molecular weight excluding hydrogens is 256 g/mol. The van der Waals surface area contributed by atoms with Gasteiger partial charge in [-0.05, 0) is 27.2 Å². The monoisotopic (exact) mass is 278 g/mol. The first-order chi connectivity index (χ1) is 8.00. The third-order valence-electron chi connectivity index (χ3n) is 2.85. The van der Waals surface area contributed by atoms with Crippen LogP contribution in [0.15, 0.2) is 0 Å². The molecule has 1 amide bonds. The molecule has 0 spiro atoms. The van der Waals surface area contributed by atoms with Crippen LogP contribution in [0.2, 0.25) is 0 Å². The molecule has 0 bridgehead atoms. The van der Waals surface area contributed by atoms with Gasteiger partial charge in [0.1, 0.15) is 5.60 Å². The smallest absolute Gasteiger partial charge is 0.410 e. The minimum Gasteiger partial charge on any atom is -0.444 e. The van der Waals surface area contributed by atoms with Gasteiger partial charge < -0.3 is 9.64 Å². The molecule has 0 unspecified atom stereocenters. The molecule has 1 atom stereocenters. The van der Waals surface area contributed by atoms with E-state index in [2.05, 4.69) is 0 Å². The van der Waals surface area contributed by atoms with Crippen molar-refractivity contribution < 1.29 is 17.9 Å². The first kappa shape index (κ1) is 15.2. The molecule has 0 aromatic carbocycles. The second kappa shape index (κ2) is 5.05. The molecule has 1 rings (SSSR count). The van der Waals surface area contributed by atoms with Crippen molar-refractivity contribution in [2.75, 3.05) is 26.4 Å². The van der Waals surface area contributed by atoms with Crippen LogP contribution in [-0.2, 0) is 14.8 Å². The molecule has 0 saturated carbocycles. The van der Waals surface area contributed by atoms with E-state index in [0.717, 1.165) is 0 Å². The van der Waals surface area contributed by atoms with Gasteiger partial charge in [0.15, 0.2) is 0 Å². The molecule has 0 radical (unpaired) electrons. The Labute approximate surface area is 109 Å². The number of ether oxygens (including phenoxy) is 1. The zero-order chi connectivity index (χ0) is 14.1. The van der Waals surface area contributed by atoms with Crippen LogP contribution in [0.25, 0.3) is 0 Å². The lowest BCUT2D eigenvalue weighted by Crippen LogP contribution is -2.40. The summed E-state index contributed by atoms with van der Waals surface area (Å²) in [6.07, 6.45) is 1.43. The second-order valence-electron chi connectivity index (χ2n) is 5.65. The van der Waals surface area contributed by atoms with E-state index < -0.39 is 15.6 Å². The topological polar surface area (TPSA) is 66.9 Å². The first-order valence-electron chi connectivity index (χ1n) is 5.91. The maximum atomic E-state index is 11.8. The van der Waals surface area contributed by atoms with E-state index in [4.69, 9.17) is 4.74 Å². The summed E-state index contributed by atoms with van der Waals surface area (Å²) in [6.45, 7) is 6.33. The quantitative estimate of drug-likeness (QED) is 0.752. The predicted molar refractivity (Wildman–Crippen MR) is 68.8 cm³/mol. The fourth-order valence-corrected chi connectivity index (χ4v) is 2.52. The SMILES string of the molecule is CN([C@H]1CCN(C(=O)OC(C)(C)C)C1)S(C)(=O)=O. The largest absolute Gasteiger partial charge is 0.444 e. The lowest BCUT2D eigenvalue weighted by atomic mass is 10.2. The maximum absolute atomic E-state index is 11.8. The van der Waals surface area contributed by atoms with E-state index in [0.29, 0.717) is 19.5 Å². The van der Waals surface area contributed by atoms with Crippen LogP contribution in [0, 0.1) is 0 Å². The fraction of sp³-hybridized carbons (Fsp3) is 0.909. The van der Waals surface area contributed by atoms with E-state index in [1.54, 1.807) is 32.7 Å². The van der Waals surface area contributed by atoms with Crippen molar-refractivity contribution in [3.05, 3.63) is 0 Å². The number of amides is 1. The summed E-state index contributed by atoms with van der Waals surface area (Å²) >= 11 is 0. The number of hydrogen-bond acceptors (Lipinski definition) is 4. The average Bonchev–Trinajstić information content (AvgIpc) is 2.60. The molecule has 106 valence electrons. The van der Waals surface area contributed by atoms with Crippen LogP contribution < -0.4 is 0 Å². The van der Waals surface area contributed by atoms with E-state index in [1.807, 2.05) is 0 Å². The van der Waals surface area contributed by atoms with Crippen LogP contribution in [0.4, 0.5) is 4.79 Å². The van der Waals surface area contributed by atoms with E-state index in [9.17, 15) is 13.2 Å². The summed E-state index contributed by atoms with van der Waals surface area (Å²) in [5, 5.41) is 0. The molecule has 1 heterocycles. The van der Waals surface area contributed by atoms with Crippen molar-refractivity contribution in [2.45, 2.75) is 38.8 Å². The van der Waals surface area contributed by atoms with E-state index in [1.165, 1.54) is 10.6 Å². The summed E-state index contributed by atoms with van der Waals surface area (Å²) in [5.74, 6) is 0. The van der Waals surface area contributed by atoms with Gasteiger partial charge in [-0.3, -0.25) is 0 Å². The van der Waals surface area contributed by atoms with E-state index >= 15 is 0 Å². The number of hydrogen-bond donors (Lipinski definition) is 0. The number of likely N-dealkylation sites (tertiary alicyclic amines) is 1. The first-order valence-corrected chi connectivity index (χ1v) is 7.76. The fourth-order valence-electron chi connectivity index (χ4n) is 1.80. The van der Waals surface area contributed by atoms with Crippen LogP contribution in [0.1, 0.15) is 27.2 Å². The highest BCUT2D eigenvalue weighted by Crippen LogP contribution is 2.19. The van der Waals surface area contributed by atoms with Crippen molar-refractivity contribution in [1.29, 1.82) is 0 Å². The average molecular weight is 278 g/mol. The second-order valence-corrected chi connectivity index (χ2v) is 7.69. The van der Waals surface area contributed by atoms with Crippen molar-refractivity contribution >= 4 is 16.1 Å². The van der Waals surface area contributed by atoms with Gasteiger partial charge in [-0.25, -0.2) is 17.5 Å². The minimum absolute atomic E-state index is 0.160. The van der Waals surface area contributed by atoms with Crippen molar-refractivity contribution in [3.8, 4) is 0 Å². The Morgan fingerprint density at radius 1 is 1.39 bits per heavy atom. The number of carbonyl (C=O) groups is 1. The minimum atomic E-state index is -3.22. The number of sulfonamides is 1. The Morgan fingerprint density at radius 3 is 2.39 bits per heavy atom. The van der Waals surface area contributed by atoms with Gasteiger partial charge in [0, 0.05) is 26.2 Å². The number of likely N-dealkylation sites (N-methyl/N-ethyl adjacent to an activating group) is 1. The Bertz CT molecular complexity index is 413. The highest BCUT2D eigenvalue weighted by Gasteiger charge is 2.34. The highest BCUT2D eigenvalue weighted by molar-refractivity contribution is 7.88. The summed E-state index contributed by atoms with van der Waals surface area (Å²) in [7, 11) is -1.68. The lowest BCUT2D eigenvalue weighted by Gasteiger charge is -2.25. The number of nitrogens with zero attached hydrogens (tertiary/aromatic N) is 2. The number of rotatable bonds is 2. The zero-order valence-corrected chi connectivity index (χ0v) is 12.5. The molecule has 1 aliphatic heterocycles. The predicted octanol–water partition coefficient (Wildman–Crippen LogP) is 0.887. The molecule has 6 nitrogen and oxygen atoms in total. The van der Waals surface area contributed by atoms with Crippen molar-refractivity contribution in [1.82, 2.24) is 9.21 Å². The molecule has 1 saturated heterocycles. The van der Waals surface area contributed by atoms with Crippen molar-refractivity contribution in [2.24, 2.45) is 0 Å². The normalized spacial score (nSPS) is 21.4. The molecule has 1 fully saturated rings. The Balaban J connectivity index is 2.59. The molecule has 18 heavy (non-hydrogen) atoms. The van der Waals surface area contributed by atoms with Crippen LogP contribution in [0.5, 0.6) is 0 Å². The van der Waals surface area contributed by atoms with Crippen LogP contribution in [0.3, 0.4) is 0 Å².